The van der Waals surface area contributed by atoms with Crippen LogP contribution in [0.25, 0.3) is 11.0 Å². The molecule has 0 atom stereocenters. The SMILES string of the molecule is COc1ccc(C(=O)n2c(SC)nc3ccccc32)cc1. The van der Waals surface area contributed by atoms with E-state index in [0.717, 1.165) is 16.8 Å². The molecule has 0 bridgehead atoms. The first-order chi connectivity index (χ1) is 10.2. The van der Waals surface area contributed by atoms with Crippen LogP contribution in [0.2, 0.25) is 0 Å². The fraction of sp³-hybridized carbons (Fsp3) is 0.125. The van der Waals surface area contributed by atoms with Gasteiger partial charge in [-0.3, -0.25) is 9.36 Å². The Morgan fingerprint density at radius 2 is 1.86 bits per heavy atom. The first-order valence-corrected chi connectivity index (χ1v) is 7.67. The zero-order valence-corrected chi connectivity index (χ0v) is 12.6. The number of carbonyl (C=O) groups is 1. The Kier molecular flexibility index (Phi) is 3.66. The number of benzene rings is 2. The van der Waals surface area contributed by atoms with Crippen LogP contribution in [0.3, 0.4) is 0 Å². The van der Waals surface area contributed by atoms with Crippen LogP contribution in [-0.2, 0) is 0 Å². The first-order valence-electron chi connectivity index (χ1n) is 6.45. The molecule has 0 amide bonds. The molecule has 0 spiro atoms. The summed E-state index contributed by atoms with van der Waals surface area (Å²) in [6.07, 6.45) is 1.92. The van der Waals surface area contributed by atoms with Crippen LogP contribution >= 0.6 is 11.8 Å². The lowest BCUT2D eigenvalue weighted by Gasteiger charge is -2.07. The number of thioether (sulfide) groups is 1. The highest BCUT2D eigenvalue weighted by molar-refractivity contribution is 7.98. The average Bonchev–Trinajstić information content (AvgIpc) is 2.92. The molecule has 2 aromatic carbocycles. The largest absolute Gasteiger partial charge is 0.497 e. The minimum atomic E-state index is -0.0873. The summed E-state index contributed by atoms with van der Waals surface area (Å²) in [5.41, 5.74) is 2.25. The number of rotatable bonds is 3. The van der Waals surface area contributed by atoms with Crippen molar-refractivity contribution < 1.29 is 9.53 Å². The van der Waals surface area contributed by atoms with Gasteiger partial charge < -0.3 is 4.74 Å². The molecule has 1 aromatic heterocycles. The monoisotopic (exact) mass is 298 g/mol. The van der Waals surface area contributed by atoms with Gasteiger partial charge in [0.1, 0.15) is 5.75 Å². The molecule has 106 valence electrons. The van der Waals surface area contributed by atoms with Gasteiger partial charge in [0.05, 0.1) is 18.1 Å². The molecule has 0 aliphatic rings. The van der Waals surface area contributed by atoms with E-state index in [1.807, 2.05) is 30.5 Å². The fourth-order valence-corrected chi connectivity index (χ4v) is 2.75. The molecule has 1 heterocycles. The number of para-hydroxylation sites is 2. The third kappa shape index (κ3) is 2.40. The molecule has 0 saturated heterocycles. The van der Waals surface area contributed by atoms with E-state index in [2.05, 4.69) is 4.98 Å². The highest BCUT2D eigenvalue weighted by atomic mass is 32.2. The minimum Gasteiger partial charge on any atom is -0.497 e. The van der Waals surface area contributed by atoms with Crippen molar-refractivity contribution in [2.75, 3.05) is 13.4 Å². The molecule has 0 aliphatic carbocycles. The second-order valence-electron chi connectivity index (χ2n) is 4.46. The van der Waals surface area contributed by atoms with E-state index in [-0.39, 0.29) is 5.91 Å². The molecule has 21 heavy (non-hydrogen) atoms. The van der Waals surface area contributed by atoms with Gasteiger partial charge in [0.15, 0.2) is 5.16 Å². The second-order valence-corrected chi connectivity index (χ2v) is 5.23. The number of aromatic nitrogens is 2. The van der Waals surface area contributed by atoms with Gasteiger partial charge in [-0.25, -0.2) is 4.98 Å². The van der Waals surface area contributed by atoms with Gasteiger partial charge in [0, 0.05) is 5.56 Å². The van der Waals surface area contributed by atoms with Crippen LogP contribution in [0.15, 0.2) is 53.7 Å². The lowest BCUT2D eigenvalue weighted by atomic mass is 10.2. The number of hydrogen-bond donors (Lipinski definition) is 0. The standard InChI is InChI=1S/C16H14N2O2S/c1-20-12-9-7-11(8-10-12)15(19)18-14-6-4-3-5-13(14)17-16(18)21-2/h3-10H,1-2H3. The summed E-state index contributed by atoms with van der Waals surface area (Å²) in [6.45, 7) is 0. The van der Waals surface area contributed by atoms with Crippen molar-refractivity contribution in [3.63, 3.8) is 0 Å². The number of fused-ring (bicyclic) bond motifs is 1. The summed E-state index contributed by atoms with van der Waals surface area (Å²) < 4.78 is 6.77. The number of nitrogens with zero attached hydrogens (tertiary/aromatic N) is 2. The average molecular weight is 298 g/mol. The van der Waals surface area contributed by atoms with E-state index >= 15 is 0 Å². The van der Waals surface area contributed by atoms with Crippen LogP contribution in [0.4, 0.5) is 0 Å². The summed E-state index contributed by atoms with van der Waals surface area (Å²) in [7, 11) is 1.60. The third-order valence-corrected chi connectivity index (χ3v) is 3.89. The van der Waals surface area contributed by atoms with Crippen molar-refractivity contribution in [2.45, 2.75) is 5.16 Å². The van der Waals surface area contributed by atoms with Crippen molar-refractivity contribution in [2.24, 2.45) is 0 Å². The van der Waals surface area contributed by atoms with Crippen molar-refractivity contribution in [3.05, 3.63) is 54.1 Å². The number of methoxy groups -OCH3 is 1. The van der Waals surface area contributed by atoms with Crippen molar-refractivity contribution >= 4 is 28.7 Å². The number of ether oxygens (including phenoxy) is 1. The van der Waals surface area contributed by atoms with Gasteiger partial charge in [0.2, 0.25) is 0 Å². The molecule has 0 aliphatic heterocycles. The first kappa shape index (κ1) is 13.7. The normalized spacial score (nSPS) is 10.8. The Morgan fingerprint density at radius 3 is 2.52 bits per heavy atom. The van der Waals surface area contributed by atoms with Gasteiger partial charge in [-0.2, -0.15) is 0 Å². The molecule has 3 rings (SSSR count). The van der Waals surface area contributed by atoms with Crippen LogP contribution in [0.1, 0.15) is 10.4 Å². The smallest absolute Gasteiger partial charge is 0.264 e. The van der Waals surface area contributed by atoms with Gasteiger partial charge in [-0.1, -0.05) is 23.9 Å². The lowest BCUT2D eigenvalue weighted by Crippen LogP contribution is -2.12. The zero-order chi connectivity index (χ0) is 14.8. The Morgan fingerprint density at radius 1 is 1.14 bits per heavy atom. The molecule has 3 aromatic rings. The summed E-state index contributed by atoms with van der Waals surface area (Å²) in [4.78, 5) is 17.3. The Labute approximate surface area is 126 Å². The molecule has 0 fully saturated rings. The summed E-state index contributed by atoms with van der Waals surface area (Å²) in [5.74, 6) is 0.642. The Balaban J connectivity index is 2.11. The predicted molar refractivity (Wildman–Crippen MR) is 84.2 cm³/mol. The third-order valence-electron chi connectivity index (χ3n) is 3.25. The predicted octanol–water partition coefficient (Wildman–Crippen LogP) is 3.46. The topological polar surface area (TPSA) is 44.1 Å². The van der Waals surface area contributed by atoms with Gasteiger partial charge >= 0.3 is 0 Å². The van der Waals surface area contributed by atoms with E-state index in [1.165, 1.54) is 11.8 Å². The maximum absolute atomic E-state index is 12.8. The highest BCUT2D eigenvalue weighted by Crippen LogP contribution is 2.24. The van der Waals surface area contributed by atoms with Crippen LogP contribution in [0.5, 0.6) is 5.75 Å². The lowest BCUT2D eigenvalue weighted by molar-refractivity contribution is 0.0955. The van der Waals surface area contributed by atoms with E-state index in [9.17, 15) is 4.79 Å². The summed E-state index contributed by atoms with van der Waals surface area (Å²) in [5, 5.41) is 0.692. The highest BCUT2D eigenvalue weighted by Gasteiger charge is 2.17. The quantitative estimate of drug-likeness (QED) is 0.695. The maximum atomic E-state index is 12.8. The van der Waals surface area contributed by atoms with E-state index < -0.39 is 0 Å². The number of hydrogen-bond acceptors (Lipinski definition) is 4. The second kappa shape index (κ2) is 5.61. The molecule has 0 unspecified atom stereocenters. The number of carbonyl (C=O) groups excluding carboxylic acids is 1. The zero-order valence-electron chi connectivity index (χ0n) is 11.7. The van der Waals surface area contributed by atoms with E-state index in [0.29, 0.717) is 10.7 Å². The molecular weight excluding hydrogens is 284 g/mol. The molecule has 0 radical (unpaired) electrons. The van der Waals surface area contributed by atoms with E-state index in [1.54, 1.807) is 35.9 Å². The molecular formula is C16H14N2O2S. The molecule has 0 saturated carbocycles. The van der Waals surface area contributed by atoms with E-state index in [4.69, 9.17) is 4.74 Å². The Hall–Kier alpha value is -2.27. The molecule has 5 heteroatoms. The van der Waals surface area contributed by atoms with Gasteiger partial charge in [-0.15, -0.1) is 0 Å². The molecule has 4 nitrogen and oxygen atoms in total. The van der Waals surface area contributed by atoms with Crippen molar-refractivity contribution in [1.82, 2.24) is 9.55 Å². The van der Waals surface area contributed by atoms with Crippen LogP contribution in [0, 0.1) is 0 Å². The fourth-order valence-electron chi connectivity index (χ4n) is 2.20. The summed E-state index contributed by atoms with van der Waals surface area (Å²) >= 11 is 1.46. The van der Waals surface area contributed by atoms with Crippen molar-refractivity contribution in [3.8, 4) is 5.75 Å². The van der Waals surface area contributed by atoms with Gasteiger partial charge in [0.25, 0.3) is 5.91 Å². The van der Waals surface area contributed by atoms with Crippen LogP contribution in [-0.4, -0.2) is 28.8 Å². The number of imidazole rings is 1. The van der Waals surface area contributed by atoms with Crippen molar-refractivity contribution in [1.29, 1.82) is 0 Å². The van der Waals surface area contributed by atoms with Gasteiger partial charge in [-0.05, 0) is 42.7 Å². The molecule has 0 N–H and O–H groups in total. The maximum Gasteiger partial charge on any atom is 0.264 e. The Bertz CT molecular complexity index is 794. The minimum absolute atomic E-state index is 0.0873. The summed E-state index contributed by atoms with van der Waals surface area (Å²) in [6, 6.07) is 14.7. The van der Waals surface area contributed by atoms with Crippen LogP contribution < -0.4 is 4.74 Å².